The summed E-state index contributed by atoms with van der Waals surface area (Å²) in [7, 11) is 3.71. The molecule has 2 aromatic heterocycles. The molecule has 0 spiro atoms. The molecule has 0 fully saturated rings. The Hall–Kier alpha value is -1.56. The zero-order valence-corrected chi connectivity index (χ0v) is 8.71. The molecule has 6 heteroatoms. The summed E-state index contributed by atoms with van der Waals surface area (Å²) in [5.41, 5.74) is 6.54. The minimum Gasteiger partial charge on any atom is -0.390 e. The van der Waals surface area contributed by atoms with Gasteiger partial charge in [-0.3, -0.25) is 0 Å². The zero-order chi connectivity index (χ0) is 10.1. The van der Waals surface area contributed by atoms with E-state index in [0.717, 1.165) is 5.56 Å². The first-order chi connectivity index (χ1) is 6.68. The molecule has 5 nitrogen and oxygen atoms in total. The maximum absolute atomic E-state index is 5.74. The fourth-order valence-electron chi connectivity index (χ4n) is 1.00. The second kappa shape index (κ2) is 3.30. The van der Waals surface area contributed by atoms with E-state index in [9.17, 15) is 0 Å². The monoisotopic (exact) mass is 210 g/mol. The van der Waals surface area contributed by atoms with E-state index in [4.69, 9.17) is 10.3 Å². The molecule has 0 bridgehead atoms. The van der Waals surface area contributed by atoms with Gasteiger partial charge in [0, 0.05) is 14.1 Å². The summed E-state index contributed by atoms with van der Waals surface area (Å²) in [5, 5.41) is 6.39. The van der Waals surface area contributed by atoms with Crippen LogP contribution in [0.25, 0.3) is 11.5 Å². The van der Waals surface area contributed by atoms with Crippen molar-refractivity contribution in [2.24, 2.45) is 0 Å². The largest absolute Gasteiger partial charge is 0.390 e. The molecule has 14 heavy (non-hydrogen) atoms. The maximum Gasteiger partial charge on any atom is 0.265 e. The molecule has 2 N–H and O–H groups in total. The predicted octanol–water partition coefficient (Wildman–Crippen LogP) is 1.45. The molecule has 0 radical (unpaired) electrons. The van der Waals surface area contributed by atoms with E-state index < -0.39 is 0 Å². The highest BCUT2D eigenvalue weighted by molar-refractivity contribution is 7.14. The van der Waals surface area contributed by atoms with E-state index in [1.807, 2.05) is 25.5 Å². The average molecular weight is 210 g/mol. The molecule has 0 aliphatic carbocycles. The summed E-state index contributed by atoms with van der Waals surface area (Å²) in [6.07, 6.45) is 0. The molecular weight excluding hydrogens is 200 g/mol. The minimum atomic E-state index is 0.465. The van der Waals surface area contributed by atoms with Gasteiger partial charge in [-0.15, -0.1) is 11.3 Å². The number of aromatic nitrogens is 2. The van der Waals surface area contributed by atoms with E-state index in [-0.39, 0.29) is 0 Å². The first-order valence-corrected chi connectivity index (χ1v) is 4.91. The average Bonchev–Trinajstić information content (AvgIpc) is 2.71. The molecule has 0 amide bonds. The van der Waals surface area contributed by atoms with Crippen LogP contribution in [0.15, 0.2) is 16.0 Å². The Labute approximate surface area is 85.1 Å². The Kier molecular flexibility index (Phi) is 2.12. The summed E-state index contributed by atoms with van der Waals surface area (Å²) < 4.78 is 5.08. The quantitative estimate of drug-likeness (QED) is 0.812. The molecule has 0 aliphatic rings. The van der Waals surface area contributed by atoms with Crippen molar-refractivity contribution in [3.05, 3.63) is 11.4 Å². The topological polar surface area (TPSA) is 68.2 Å². The summed E-state index contributed by atoms with van der Waals surface area (Å²) >= 11 is 1.45. The van der Waals surface area contributed by atoms with Gasteiger partial charge in [0.05, 0.1) is 10.6 Å². The number of anilines is 2. The number of nitrogens with zero attached hydrogens (tertiary/aromatic N) is 3. The van der Waals surface area contributed by atoms with E-state index >= 15 is 0 Å². The lowest BCUT2D eigenvalue weighted by atomic mass is 10.3. The standard InChI is InChI=1S/C8H10N4OS/c1-12(2)8-10-7(13-11-8)5-3-4-14-6(5)9/h3-4H,9H2,1-2H3. The van der Waals surface area contributed by atoms with Crippen LogP contribution >= 0.6 is 11.3 Å². The van der Waals surface area contributed by atoms with Gasteiger partial charge in [0.2, 0.25) is 0 Å². The molecule has 0 saturated heterocycles. The maximum atomic E-state index is 5.74. The van der Waals surface area contributed by atoms with Gasteiger partial charge in [0.15, 0.2) is 0 Å². The van der Waals surface area contributed by atoms with Crippen LogP contribution in [-0.4, -0.2) is 24.2 Å². The molecule has 0 aliphatic heterocycles. The van der Waals surface area contributed by atoms with Crippen molar-refractivity contribution in [1.82, 2.24) is 10.1 Å². The van der Waals surface area contributed by atoms with Gasteiger partial charge in [-0.2, -0.15) is 4.98 Å². The van der Waals surface area contributed by atoms with Gasteiger partial charge >= 0.3 is 0 Å². The van der Waals surface area contributed by atoms with Crippen LogP contribution in [0.5, 0.6) is 0 Å². The van der Waals surface area contributed by atoms with E-state index in [1.54, 1.807) is 4.90 Å². The Morgan fingerprint density at radius 2 is 2.29 bits per heavy atom. The van der Waals surface area contributed by atoms with Crippen molar-refractivity contribution in [3.63, 3.8) is 0 Å². The summed E-state index contributed by atoms with van der Waals surface area (Å²) in [6, 6.07) is 1.87. The summed E-state index contributed by atoms with van der Waals surface area (Å²) in [4.78, 5) is 5.96. The first kappa shape index (κ1) is 9.01. The van der Waals surface area contributed by atoms with E-state index in [0.29, 0.717) is 16.8 Å². The molecule has 0 atom stereocenters. The second-order valence-electron chi connectivity index (χ2n) is 2.99. The number of nitrogen functional groups attached to an aromatic ring is 1. The molecule has 2 heterocycles. The number of nitrogens with two attached hydrogens (primary N) is 1. The van der Waals surface area contributed by atoms with Gasteiger partial charge in [-0.05, 0) is 16.6 Å². The van der Waals surface area contributed by atoms with Crippen molar-refractivity contribution in [3.8, 4) is 11.5 Å². The fraction of sp³-hybridized carbons (Fsp3) is 0.250. The molecule has 2 rings (SSSR count). The van der Waals surface area contributed by atoms with Crippen molar-refractivity contribution in [2.45, 2.75) is 0 Å². The first-order valence-electron chi connectivity index (χ1n) is 4.03. The van der Waals surface area contributed by atoms with Crippen LogP contribution in [0.4, 0.5) is 10.9 Å². The number of rotatable bonds is 2. The summed E-state index contributed by atoms with van der Waals surface area (Å²) in [6.45, 7) is 0. The molecular formula is C8H10N4OS. The van der Waals surface area contributed by atoms with Crippen LogP contribution in [-0.2, 0) is 0 Å². The molecule has 2 aromatic rings. The number of thiophene rings is 1. The van der Waals surface area contributed by atoms with Crippen molar-refractivity contribution >= 4 is 22.3 Å². The summed E-state index contributed by atoms with van der Waals surface area (Å²) in [5.74, 6) is 1.01. The van der Waals surface area contributed by atoms with E-state index in [1.165, 1.54) is 11.3 Å². The Morgan fingerprint density at radius 1 is 1.50 bits per heavy atom. The smallest absolute Gasteiger partial charge is 0.265 e. The van der Waals surface area contributed by atoms with Gasteiger partial charge in [-0.25, -0.2) is 0 Å². The SMILES string of the molecule is CN(C)c1noc(-c2ccsc2N)n1. The second-order valence-corrected chi connectivity index (χ2v) is 3.94. The van der Waals surface area contributed by atoms with Crippen LogP contribution in [0, 0.1) is 0 Å². The van der Waals surface area contributed by atoms with Gasteiger partial charge in [0.25, 0.3) is 11.8 Å². The zero-order valence-electron chi connectivity index (χ0n) is 7.89. The van der Waals surface area contributed by atoms with Crippen LogP contribution in [0.2, 0.25) is 0 Å². The third kappa shape index (κ3) is 1.44. The number of hydrogen-bond acceptors (Lipinski definition) is 6. The Bertz CT molecular complexity index is 434. The van der Waals surface area contributed by atoms with E-state index in [2.05, 4.69) is 10.1 Å². The normalized spacial score (nSPS) is 10.4. The lowest BCUT2D eigenvalue weighted by molar-refractivity contribution is 0.431. The Morgan fingerprint density at radius 3 is 2.79 bits per heavy atom. The Balaban J connectivity index is 2.39. The van der Waals surface area contributed by atoms with Gasteiger partial charge in [-0.1, -0.05) is 0 Å². The number of hydrogen-bond donors (Lipinski definition) is 1. The van der Waals surface area contributed by atoms with Crippen LogP contribution in [0.3, 0.4) is 0 Å². The highest BCUT2D eigenvalue weighted by atomic mass is 32.1. The highest BCUT2D eigenvalue weighted by Gasteiger charge is 2.12. The third-order valence-corrected chi connectivity index (χ3v) is 2.49. The fourth-order valence-corrected chi connectivity index (χ4v) is 1.64. The highest BCUT2D eigenvalue weighted by Crippen LogP contribution is 2.29. The van der Waals surface area contributed by atoms with Crippen LogP contribution in [0.1, 0.15) is 0 Å². The molecule has 74 valence electrons. The van der Waals surface area contributed by atoms with Crippen LogP contribution < -0.4 is 10.6 Å². The lowest BCUT2D eigenvalue weighted by Crippen LogP contribution is -2.10. The minimum absolute atomic E-state index is 0.465. The molecule has 0 aromatic carbocycles. The van der Waals surface area contributed by atoms with Crippen molar-refractivity contribution in [2.75, 3.05) is 24.7 Å². The van der Waals surface area contributed by atoms with Crippen molar-refractivity contribution < 1.29 is 4.52 Å². The predicted molar refractivity (Wildman–Crippen MR) is 56.4 cm³/mol. The van der Waals surface area contributed by atoms with Gasteiger partial charge < -0.3 is 15.2 Å². The molecule has 0 saturated carbocycles. The van der Waals surface area contributed by atoms with Crippen molar-refractivity contribution in [1.29, 1.82) is 0 Å². The van der Waals surface area contributed by atoms with Gasteiger partial charge in [0.1, 0.15) is 0 Å². The third-order valence-electron chi connectivity index (χ3n) is 1.74. The lowest BCUT2D eigenvalue weighted by Gasteiger charge is -2.02. The molecule has 0 unspecified atom stereocenters.